The van der Waals surface area contributed by atoms with Gasteiger partial charge in [0, 0.05) is 32.0 Å². The van der Waals surface area contributed by atoms with E-state index in [1.54, 1.807) is 18.3 Å². The molecule has 1 saturated heterocycles. The molecule has 0 bridgehead atoms. The average molecular weight is 403 g/mol. The average Bonchev–Trinajstić information content (AvgIpc) is 3.26. The number of hydrogen-bond donors (Lipinski definition) is 0. The van der Waals surface area contributed by atoms with Gasteiger partial charge in [-0.15, -0.1) is 0 Å². The van der Waals surface area contributed by atoms with Gasteiger partial charge in [0.2, 0.25) is 18.6 Å². The summed E-state index contributed by atoms with van der Waals surface area (Å²) in [7, 11) is 0. The van der Waals surface area contributed by atoms with Crippen molar-refractivity contribution in [3.8, 4) is 17.4 Å². The van der Waals surface area contributed by atoms with Crippen LogP contribution in [0.3, 0.4) is 0 Å². The second kappa shape index (κ2) is 8.02. The summed E-state index contributed by atoms with van der Waals surface area (Å²) >= 11 is 0. The first-order valence-corrected chi connectivity index (χ1v) is 10.00. The Bertz CT molecular complexity index is 1110. The molecule has 30 heavy (non-hydrogen) atoms. The van der Waals surface area contributed by atoms with Gasteiger partial charge in [-0.25, -0.2) is 9.97 Å². The minimum absolute atomic E-state index is 0.00314. The number of para-hydroxylation sites is 2. The predicted octanol–water partition coefficient (Wildman–Crippen LogP) is 3.44. The van der Waals surface area contributed by atoms with Crippen LogP contribution >= 0.6 is 0 Å². The Labute approximate surface area is 173 Å². The highest BCUT2D eigenvalue weighted by molar-refractivity contribution is 5.92. The highest BCUT2D eigenvalue weighted by Crippen LogP contribution is 2.32. The molecule has 0 atom stereocenters. The lowest BCUT2D eigenvalue weighted by Gasteiger charge is -2.31. The summed E-state index contributed by atoms with van der Waals surface area (Å²) < 4.78 is 16.7. The van der Waals surface area contributed by atoms with Gasteiger partial charge in [0.15, 0.2) is 11.5 Å². The molecule has 1 fully saturated rings. The lowest BCUT2D eigenvalue weighted by atomic mass is 10.1. The van der Waals surface area contributed by atoms with E-state index >= 15 is 0 Å². The number of carbonyl (C=O) groups excluding carboxylic acids is 1. The van der Waals surface area contributed by atoms with Crippen LogP contribution in [0.2, 0.25) is 0 Å². The minimum Gasteiger partial charge on any atom is -0.473 e. The summed E-state index contributed by atoms with van der Waals surface area (Å²) in [5, 5.41) is 0. The van der Waals surface area contributed by atoms with E-state index in [0.29, 0.717) is 24.7 Å². The first kappa shape index (κ1) is 18.4. The molecule has 1 amide bonds. The van der Waals surface area contributed by atoms with Gasteiger partial charge in [-0.1, -0.05) is 18.2 Å². The Kier molecular flexibility index (Phi) is 4.93. The van der Waals surface area contributed by atoms with Crippen LogP contribution in [0.4, 0.5) is 0 Å². The van der Waals surface area contributed by atoms with Crippen LogP contribution in [0.5, 0.6) is 17.4 Å². The topological polar surface area (TPSA) is 73.8 Å². The zero-order valence-corrected chi connectivity index (χ0v) is 16.4. The number of nitrogens with zero attached hydrogens (tertiary/aromatic N) is 3. The van der Waals surface area contributed by atoms with Crippen molar-refractivity contribution in [1.82, 2.24) is 14.9 Å². The molecule has 2 aromatic carbocycles. The molecule has 2 aliphatic rings. The molecule has 0 spiro atoms. The largest absolute Gasteiger partial charge is 0.473 e. The smallest absolute Gasteiger partial charge is 0.246 e. The zero-order chi connectivity index (χ0) is 20.3. The van der Waals surface area contributed by atoms with Crippen molar-refractivity contribution in [1.29, 1.82) is 0 Å². The highest BCUT2D eigenvalue weighted by Gasteiger charge is 2.23. The molecule has 0 N–H and O–H groups in total. The normalized spacial score (nSPS) is 16.3. The summed E-state index contributed by atoms with van der Waals surface area (Å²) in [5.41, 5.74) is 2.57. The number of amides is 1. The van der Waals surface area contributed by atoms with Crippen molar-refractivity contribution in [2.45, 2.75) is 18.9 Å². The van der Waals surface area contributed by atoms with E-state index < -0.39 is 0 Å². The van der Waals surface area contributed by atoms with Gasteiger partial charge in [-0.3, -0.25) is 4.79 Å². The molecule has 7 heteroatoms. The third kappa shape index (κ3) is 3.91. The predicted molar refractivity (Wildman–Crippen MR) is 111 cm³/mol. The fraction of sp³-hybridized carbons (Fsp3) is 0.261. The Morgan fingerprint density at radius 1 is 1.07 bits per heavy atom. The second-order valence-corrected chi connectivity index (χ2v) is 7.29. The molecule has 2 aliphatic heterocycles. The summed E-state index contributed by atoms with van der Waals surface area (Å²) in [6.07, 6.45) is 6.62. The van der Waals surface area contributed by atoms with Gasteiger partial charge in [-0.2, -0.15) is 0 Å². The Morgan fingerprint density at radius 2 is 1.87 bits per heavy atom. The molecule has 152 valence electrons. The lowest BCUT2D eigenvalue weighted by Crippen LogP contribution is -2.41. The van der Waals surface area contributed by atoms with Crippen LogP contribution in [0.1, 0.15) is 18.4 Å². The number of benzene rings is 2. The molecule has 3 aromatic rings. The van der Waals surface area contributed by atoms with Crippen molar-refractivity contribution in [2.75, 3.05) is 19.9 Å². The van der Waals surface area contributed by atoms with E-state index in [9.17, 15) is 4.79 Å². The SMILES string of the molecule is O=C(/C=C/c1ccc2c(c1)OCO2)N1CCC(Oc2cnc3ccccc3n2)CC1. The fourth-order valence-corrected chi connectivity index (χ4v) is 3.65. The summed E-state index contributed by atoms with van der Waals surface area (Å²) in [6, 6.07) is 13.3. The molecule has 0 unspecified atom stereocenters. The summed E-state index contributed by atoms with van der Waals surface area (Å²) in [5.74, 6) is 1.97. The molecule has 3 heterocycles. The number of aromatic nitrogens is 2. The van der Waals surface area contributed by atoms with Gasteiger partial charge < -0.3 is 19.1 Å². The number of likely N-dealkylation sites (tertiary alicyclic amines) is 1. The number of piperidine rings is 1. The van der Waals surface area contributed by atoms with E-state index in [4.69, 9.17) is 14.2 Å². The third-order valence-electron chi connectivity index (χ3n) is 5.28. The van der Waals surface area contributed by atoms with E-state index in [1.807, 2.05) is 47.4 Å². The monoisotopic (exact) mass is 403 g/mol. The van der Waals surface area contributed by atoms with E-state index in [2.05, 4.69) is 9.97 Å². The Balaban J connectivity index is 1.15. The fourth-order valence-electron chi connectivity index (χ4n) is 3.65. The number of ether oxygens (including phenoxy) is 3. The van der Waals surface area contributed by atoms with Crippen molar-refractivity contribution in [2.24, 2.45) is 0 Å². The minimum atomic E-state index is -0.00314. The summed E-state index contributed by atoms with van der Waals surface area (Å²) in [6.45, 7) is 1.54. The zero-order valence-electron chi connectivity index (χ0n) is 16.4. The van der Waals surface area contributed by atoms with E-state index in [-0.39, 0.29) is 18.8 Å². The first-order valence-electron chi connectivity index (χ1n) is 10.00. The van der Waals surface area contributed by atoms with Gasteiger partial charge in [-0.05, 0) is 35.9 Å². The first-order chi connectivity index (χ1) is 14.7. The molecule has 0 saturated carbocycles. The van der Waals surface area contributed by atoms with Gasteiger partial charge in [0.05, 0.1) is 17.2 Å². The van der Waals surface area contributed by atoms with Crippen LogP contribution in [0.25, 0.3) is 17.1 Å². The molecule has 5 rings (SSSR count). The molecule has 1 aromatic heterocycles. The van der Waals surface area contributed by atoms with Gasteiger partial charge in [0.25, 0.3) is 0 Å². The van der Waals surface area contributed by atoms with Crippen LogP contribution in [-0.2, 0) is 4.79 Å². The van der Waals surface area contributed by atoms with Crippen molar-refractivity contribution < 1.29 is 19.0 Å². The maximum Gasteiger partial charge on any atom is 0.246 e. The number of rotatable bonds is 4. The van der Waals surface area contributed by atoms with Crippen LogP contribution in [0, 0.1) is 0 Å². The van der Waals surface area contributed by atoms with Crippen LogP contribution in [-0.4, -0.2) is 46.8 Å². The molecule has 0 radical (unpaired) electrons. The lowest BCUT2D eigenvalue weighted by molar-refractivity contribution is -0.127. The standard InChI is InChI=1S/C23H21N3O4/c27-23(8-6-16-5-7-20-21(13-16)29-15-28-20)26-11-9-17(10-12-26)30-22-14-24-18-3-1-2-4-19(18)25-22/h1-8,13-14,17H,9-12,15H2/b8-6+. The summed E-state index contributed by atoms with van der Waals surface area (Å²) in [4.78, 5) is 23.3. The maximum atomic E-state index is 12.5. The molecule has 7 nitrogen and oxygen atoms in total. The Hall–Kier alpha value is -3.61. The van der Waals surface area contributed by atoms with Gasteiger partial charge >= 0.3 is 0 Å². The number of fused-ring (bicyclic) bond motifs is 2. The Morgan fingerprint density at radius 3 is 2.73 bits per heavy atom. The van der Waals surface area contributed by atoms with Crippen molar-refractivity contribution in [3.63, 3.8) is 0 Å². The maximum absolute atomic E-state index is 12.5. The highest BCUT2D eigenvalue weighted by atomic mass is 16.7. The molecular weight excluding hydrogens is 382 g/mol. The van der Waals surface area contributed by atoms with Gasteiger partial charge in [0.1, 0.15) is 6.10 Å². The van der Waals surface area contributed by atoms with Crippen molar-refractivity contribution in [3.05, 3.63) is 60.3 Å². The number of carbonyl (C=O) groups is 1. The second-order valence-electron chi connectivity index (χ2n) is 7.29. The van der Waals surface area contributed by atoms with E-state index in [0.717, 1.165) is 35.2 Å². The quantitative estimate of drug-likeness (QED) is 0.622. The van der Waals surface area contributed by atoms with Crippen molar-refractivity contribution >= 4 is 23.0 Å². The third-order valence-corrected chi connectivity index (χ3v) is 5.28. The number of hydrogen-bond acceptors (Lipinski definition) is 6. The van der Waals surface area contributed by atoms with Crippen LogP contribution in [0.15, 0.2) is 54.7 Å². The van der Waals surface area contributed by atoms with Crippen LogP contribution < -0.4 is 14.2 Å². The van der Waals surface area contributed by atoms with E-state index in [1.165, 1.54) is 0 Å². The molecular formula is C23H21N3O4. The molecule has 0 aliphatic carbocycles.